The second kappa shape index (κ2) is 9.52. The zero-order chi connectivity index (χ0) is 22.5. The standard InChI is InChI=1S/C21H22N6O5/c1-2-32-20(30)14-5-3-4-6-16(14)24-17(28)12-27-13-23-18-15(19(27)29)11-22-21(25-18)26-7-9-31-10-8-26/h3-6,11,13H,2,7-10,12H2,1H3,(H,24,28). The Kier molecular flexibility index (Phi) is 6.36. The fourth-order valence-electron chi connectivity index (χ4n) is 3.30. The highest BCUT2D eigenvalue weighted by atomic mass is 16.5. The monoisotopic (exact) mass is 438 g/mol. The molecule has 3 aromatic rings. The van der Waals surface area contributed by atoms with E-state index < -0.39 is 17.4 Å². The Labute approximate surface area is 183 Å². The molecular formula is C21H22N6O5. The summed E-state index contributed by atoms with van der Waals surface area (Å²) in [5.74, 6) is -0.546. The van der Waals surface area contributed by atoms with Gasteiger partial charge in [0.05, 0.1) is 31.1 Å². The van der Waals surface area contributed by atoms with Crippen molar-refractivity contribution < 1.29 is 19.1 Å². The molecule has 1 N–H and O–H groups in total. The minimum atomic E-state index is -0.541. The molecule has 0 saturated carbocycles. The number of esters is 1. The molecule has 32 heavy (non-hydrogen) atoms. The van der Waals surface area contributed by atoms with Gasteiger partial charge in [0, 0.05) is 19.3 Å². The van der Waals surface area contributed by atoms with Crippen LogP contribution in [-0.4, -0.2) is 64.3 Å². The van der Waals surface area contributed by atoms with Crippen molar-refractivity contribution in [3.05, 3.63) is 52.7 Å². The van der Waals surface area contributed by atoms with Crippen molar-refractivity contribution in [1.82, 2.24) is 19.5 Å². The summed E-state index contributed by atoms with van der Waals surface area (Å²) >= 11 is 0. The molecule has 11 nitrogen and oxygen atoms in total. The number of hydrogen-bond donors (Lipinski definition) is 1. The number of carbonyl (C=O) groups excluding carboxylic acids is 2. The maximum Gasteiger partial charge on any atom is 0.340 e. The van der Waals surface area contributed by atoms with Gasteiger partial charge in [-0.25, -0.2) is 14.8 Å². The van der Waals surface area contributed by atoms with E-state index in [1.165, 1.54) is 17.1 Å². The molecule has 1 saturated heterocycles. The third-order valence-electron chi connectivity index (χ3n) is 4.87. The number of fused-ring (bicyclic) bond motifs is 1. The molecule has 1 amide bonds. The Morgan fingerprint density at radius 2 is 1.97 bits per heavy atom. The van der Waals surface area contributed by atoms with Crippen LogP contribution in [0.15, 0.2) is 41.6 Å². The van der Waals surface area contributed by atoms with Gasteiger partial charge in [0.2, 0.25) is 11.9 Å². The predicted octanol–water partition coefficient (Wildman–Crippen LogP) is 0.838. The Balaban J connectivity index is 1.52. The molecule has 0 aliphatic carbocycles. The Morgan fingerprint density at radius 3 is 2.75 bits per heavy atom. The van der Waals surface area contributed by atoms with E-state index in [-0.39, 0.29) is 29.7 Å². The molecule has 1 aliphatic heterocycles. The zero-order valence-corrected chi connectivity index (χ0v) is 17.5. The summed E-state index contributed by atoms with van der Waals surface area (Å²) in [6.07, 6.45) is 2.70. The van der Waals surface area contributed by atoms with Crippen molar-refractivity contribution in [1.29, 1.82) is 0 Å². The van der Waals surface area contributed by atoms with Crippen LogP contribution < -0.4 is 15.8 Å². The molecule has 0 bridgehead atoms. The molecule has 0 unspecified atom stereocenters. The van der Waals surface area contributed by atoms with E-state index in [4.69, 9.17) is 9.47 Å². The summed E-state index contributed by atoms with van der Waals surface area (Å²) < 4.78 is 11.5. The molecule has 0 atom stereocenters. The van der Waals surface area contributed by atoms with Gasteiger partial charge < -0.3 is 19.7 Å². The number of morpholine rings is 1. The summed E-state index contributed by atoms with van der Waals surface area (Å²) in [5, 5.41) is 2.86. The van der Waals surface area contributed by atoms with E-state index >= 15 is 0 Å². The molecule has 1 aromatic carbocycles. The molecule has 2 aromatic heterocycles. The van der Waals surface area contributed by atoms with Crippen LogP contribution in [0, 0.1) is 0 Å². The SMILES string of the molecule is CCOC(=O)c1ccccc1NC(=O)Cn1cnc2nc(N3CCOCC3)ncc2c1=O. The lowest BCUT2D eigenvalue weighted by atomic mass is 10.2. The summed E-state index contributed by atoms with van der Waals surface area (Å²) in [6.45, 7) is 4.13. The molecule has 3 heterocycles. The van der Waals surface area contributed by atoms with Crippen LogP contribution in [0.2, 0.25) is 0 Å². The average Bonchev–Trinajstić information content (AvgIpc) is 2.82. The van der Waals surface area contributed by atoms with Crippen LogP contribution in [0.4, 0.5) is 11.6 Å². The van der Waals surface area contributed by atoms with Gasteiger partial charge in [0.25, 0.3) is 5.56 Å². The molecule has 0 spiro atoms. The normalized spacial score (nSPS) is 13.7. The Morgan fingerprint density at radius 1 is 1.19 bits per heavy atom. The maximum atomic E-state index is 12.8. The van der Waals surface area contributed by atoms with Crippen LogP contribution in [0.5, 0.6) is 0 Å². The molecule has 1 fully saturated rings. The highest BCUT2D eigenvalue weighted by molar-refractivity contribution is 6.01. The highest BCUT2D eigenvalue weighted by Crippen LogP contribution is 2.16. The van der Waals surface area contributed by atoms with E-state index in [0.717, 1.165) is 0 Å². The van der Waals surface area contributed by atoms with Crippen molar-refractivity contribution >= 4 is 34.5 Å². The van der Waals surface area contributed by atoms with Gasteiger partial charge in [-0.05, 0) is 19.1 Å². The highest BCUT2D eigenvalue weighted by Gasteiger charge is 2.17. The van der Waals surface area contributed by atoms with Crippen molar-refractivity contribution in [2.75, 3.05) is 43.1 Å². The number of anilines is 2. The molecule has 1 aliphatic rings. The van der Waals surface area contributed by atoms with E-state index in [1.807, 2.05) is 4.90 Å². The van der Waals surface area contributed by atoms with Gasteiger partial charge in [0.1, 0.15) is 18.3 Å². The van der Waals surface area contributed by atoms with Gasteiger partial charge in [-0.1, -0.05) is 12.1 Å². The number of nitrogens with zero attached hydrogens (tertiary/aromatic N) is 5. The van der Waals surface area contributed by atoms with E-state index in [1.54, 1.807) is 31.2 Å². The first-order valence-corrected chi connectivity index (χ1v) is 10.2. The third kappa shape index (κ3) is 4.57. The molecule has 0 radical (unpaired) electrons. The quantitative estimate of drug-likeness (QED) is 0.557. The number of hydrogen-bond acceptors (Lipinski definition) is 9. The second-order valence-electron chi connectivity index (χ2n) is 7.00. The molecule has 4 rings (SSSR count). The van der Waals surface area contributed by atoms with Gasteiger partial charge in [-0.2, -0.15) is 4.98 Å². The van der Waals surface area contributed by atoms with Crippen LogP contribution in [-0.2, 0) is 20.8 Å². The average molecular weight is 438 g/mol. The first kappa shape index (κ1) is 21.4. The Hall–Kier alpha value is -3.86. The minimum Gasteiger partial charge on any atom is -0.462 e. The summed E-state index contributed by atoms with van der Waals surface area (Å²) in [7, 11) is 0. The summed E-state index contributed by atoms with van der Waals surface area (Å²) in [4.78, 5) is 52.3. The lowest BCUT2D eigenvalue weighted by molar-refractivity contribution is -0.116. The molecular weight excluding hydrogens is 416 g/mol. The first-order chi connectivity index (χ1) is 15.6. The van der Waals surface area contributed by atoms with Crippen molar-refractivity contribution in [2.24, 2.45) is 0 Å². The van der Waals surface area contributed by atoms with Gasteiger partial charge in [0.15, 0.2) is 5.65 Å². The van der Waals surface area contributed by atoms with E-state index in [2.05, 4.69) is 20.3 Å². The lowest BCUT2D eigenvalue weighted by Gasteiger charge is -2.26. The lowest BCUT2D eigenvalue weighted by Crippen LogP contribution is -2.37. The number of rotatable bonds is 6. The fraction of sp³-hybridized carbons (Fsp3) is 0.333. The summed E-state index contributed by atoms with van der Waals surface area (Å²) in [5.41, 5.74) is 0.361. The molecule has 11 heteroatoms. The van der Waals surface area contributed by atoms with E-state index in [9.17, 15) is 14.4 Å². The zero-order valence-electron chi connectivity index (χ0n) is 17.5. The van der Waals surface area contributed by atoms with Gasteiger partial charge in [-0.15, -0.1) is 0 Å². The number of amides is 1. The maximum absolute atomic E-state index is 12.8. The van der Waals surface area contributed by atoms with Crippen LogP contribution in [0.25, 0.3) is 11.0 Å². The van der Waals surface area contributed by atoms with Crippen molar-refractivity contribution in [3.63, 3.8) is 0 Å². The fourth-order valence-corrected chi connectivity index (χ4v) is 3.30. The van der Waals surface area contributed by atoms with Crippen LogP contribution in [0.3, 0.4) is 0 Å². The van der Waals surface area contributed by atoms with Crippen LogP contribution >= 0.6 is 0 Å². The topological polar surface area (TPSA) is 129 Å². The largest absolute Gasteiger partial charge is 0.462 e. The minimum absolute atomic E-state index is 0.212. The van der Waals surface area contributed by atoms with Crippen molar-refractivity contribution in [3.8, 4) is 0 Å². The predicted molar refractivity (Wildman–Crippen MR) is 116 cm³/mol. The number of para-hydroxylation sites is 1. The Bertz CT molecular complexity index is 1200. The number of carbonyl (C=O) groups is 2. The van der Waals surface area contributed by atoms with E-state index in [0.29, 0.717) is 37.9 Å². The first-order valence-electron chi connectivity index (χ1n) is 10.2. The summed E-state index contributed by atoms with van der Waals surface area (Å²) in [6, 6.07) is 6.50. The number of aromatic nitrogens is 4. The molecule has 166 valence electrons. The third-order valence-corrected chi connectivity index (χ3v) is 4.87. The number of benzene rings is 1. The van der Waals surface area contributed by atoms with Gasteiger partial charge >= 0.3 is 5.97 Å². The smallest absolute Gasteiger partial charge is 0.340 e. The second-order valence-corrected chi connectivity index (χ2v) is 7.00. The number of ether oxygens (including phenoxy) is 2. The van der Waals surface area contributed by atoms with Crippen molar-refractivity contribution in [2.45, 2.75) is 13.5 Å². The van der Waals surface area contributed by atoms with Crippen LogP contribution in [0.1, 0.15) is 17.3 Å². The number of nitrogens with one attached hydrogen (secondary N) is 1. The van der Waals surface area contributed by atoms with Gasteiger partial charge in [-0.3, -0.25) is 14.2 Å².